The maximum atomic E-state index is 14.1. The Morgan fingerprint density at radius 3 is 2.15 bits per heavy atom. The van der Waals surface area contributed by atoms with Gasteiger partial charge in [-0.25, -0.2) is 9.18 Å². The van der Waals surface area contributed by atoms with Crippen LogP contribution in [0.5, 0.6) is 0 Å². The molecule has 2 N–H and O–H groups in total. The van der Waals surface area contributed by atoms with Crippen LogP contribution in [0, 0.1) is 5.82 Å². The molecular weight excluding hydrogens is 618 g/mol. The summed E-state index contributed by atoms with van der Waals surface area (Å²) in [7, 11) is 0. The molecule has 10 heteroatoms. The Morgan fingerprint density at radius 1 is 0.804 bits per heavy atom. The van der Waals surface area contributed by atoms with Crippen LogP contribution >= 0.6 is 11.8 Å². The molecule has 232 valence electrons. The predicted octanol–water partition coefficient (Wildman–Crippen LogP) is 9.19. The van der Waals surface area contributed by atoms with Gasteiger partial charge >= 0.3 is 12.1 Å². The summed E-state index contributed by atoms with van der Waals surface area (Å²) >= 11 is 1.22. The number of aliphatic carboxylic acids is 1. The highest BCUT2D eigenvalue weighted by Crippen LogP contribution is 2.36. The van der Waals surface area contributed by atoms with Gasteiger partial charge in [-0.15, -0.1) is 0 Å². The van der Waals surface area contributed by atoms with Gasteiger partial charge in [0.15, 0.2) is 0 Å². The first kappa shape index (κ1) is 30.9. The van der Waals surface area contributed by atoms with E-state index in [1.165, 1.54) is 11.8 Å². The van der Waals surface area contributed by atoms with Crippen molar-refractivity contribution in [1.29, 1.82) is 0 Å². The highest BCUT2D eigenvalue weighted by atomic mass is 32.2. The highest BCUT2D eigenvalue weighted by Gasteiger charge is 2.32. The molecule has 0 fully saturated rings. The van der Waals surface area contributed by atoms with Crippen molar-refractivity contribution in [3.8, 4) is 22.3 Å². The van der Waals surface area contributed by atoms with Gasteiger partial charge in [0, 0.05) is 27.8 Å². The standard InChI is InChI=1S/C36H25F4NO4S/c37-30-17-16-25(36(38,39)40)18-29(30)34(42)41-31(35(43)44)20-46-19-21-8-10-22(11-9-21)23-12-14-24(15-13-23)26-5-3-6-28-27-4-1-2-7-32(27)45-33(26)28/h1-18,31H,19-20H2,(H,41,42)(H,43,44). The number of para-hydroxylation sites is 2. The average molecular weight is 644 g/mol. The van der Waals surface area contributed by atoms with E-state index in [0.29, 0.717) is 24.0 Å². The van der Waals surface area contributed by atoms with Crippen LogP contribution in [0.1, 0.15) is 21.5 Å². The Kier molecular flexibility index (Phi) is 8.55. The van der Waals surface area contributed by atoms with Crippen LogP contribution in [-0.2, 0) is 16.7 Å². The zero-order chi connectivity index (χ0) is 32.4. The molecule has 0 saturated heterocycles. The van der Waals surface area contributed by atoms with Gasteiger partial charge in [-0.3, -0.25) is 4.79 Å². The fourth-order valence-electron chi connectivity index (χ4n) is 5.19. The first-order valence-corrected chi connectivity index (χ1v) is 15.3. The number of carboxylic acids is 1. The number of furan rings is 1. The molecule has 0 bridgehead atoms. The van der Waals surface area contributed by atoms with Gasteiger partial charge in [-0.05, 0) is 46.5 Å². The number of rotatable bonds is 9. The van der Waals surface area contributed by atoms with Crippen LogP contribution in [0.15, 0.2) is 114 Å². The van der Waals surface area contributed by atoms with Crippen LogP contribution < -0.4 is 5.32 Å². The van der Waals surface area contributed by atoms with Gasteiger partial charge in [0.1, 0.15) is 23.0 Å². The molecule has 0 aliphatic rings. The van der Waals surface area contributed by atoms with Gasteiger partial charge < -0.3 is 14.8 Å². The number of nitrogens with one attached hydrogen (secondary N) is 1. The van der Waals surface area contributed by atoms with Crippen molar-refractivity contribution in [2.75, 3.05) is 5.75 Å². The van der Waals surface area contributed by atoms with Crippen molar-refractivity contribution in [3.05, 3.63) is 132 Å². The Morgan fingerprint density at radius 2 is 1.46 bits per heavy atom. The zero-order valence-electron chi connectivity index (χ0n) is 24.0. The molecule has 5 aromatic carbocycles. The Labute approximate surface area is 264 Å². The SMILES string of the molecule is O=C(NC(CSCc1ccc(-c2ccc(-c3cccc4c3oc3ccccc34)cc2)cc1)C(=O)O)c1cc(C(F)(F)F)ccc1F. The lowest BCUT2D eigenvalue weighted by Gasteiger charge is -2.15. The van der Waals surface area contributed by atoms with Gasteiger partial charge in [-0.1, -0.05) is 84.9 Å². The summed E-state index contributed by atoms with van der Waals surface area (Å²) in [5, 5.41) is 13.8. The molecule has 0 radical (unpaired) electrons. The maximum absolute atomic E-state index is 14.1. The quantitative estimate of drug-likeness (QED) is 0.154. The van der Waals surface area contributed by atoms with Gasteiger partial charge in [0.05, 0.1) is 11.1 Å². The van der Waals surface area contributed by atoms with Crippen LogP contribution in [0.4, 0.5) is 17.6 Å². The van der Waals surface area contributed by atoms with E-state index in [9.17, 15) is 32.3 Å². The summed E-state index contributed by atoms with van der Waals surface area (Å²) in [5.41, 5.74) is 4.53. The molecule has 1 atom stereocenters. The average Bonchev–Trinajstić information content (AvgIpc) is 3.43. The minimum atomic E-state index is -4.78. The number of carbonyl (C=O) groups is 2. The summed E-state index contributed by atoms with van der Waals surface area (Å²) in [4.78, 5) is 24.2. The van der Waals surface area contributed by atoms with Crippen molar-refractivity contribution in [1.82, 2.24) is 5.32 Å². The van der Waals surface area contributed by atoms with E-state index in [2.05, 4.69) is 11.4 Å². The van der Waals surface area contributed by atoms with E-state index in [1.54, 1.807) is 0 Å². The molecule has 0 aliphatic heterocycles. The summed E-state index contributed by atoms with van der Waals surface area (Å²) in [6, 6.07) is 29.9. The first-order valence-electron chi connectivity index (χ1n) is 14.2. The smallest absolute Gasteiger partial charge is 0.416 e. The van der Waals surface area contributed by atoms with Gasteiger partial charge in [0.25, 0.3) is 5.91 Å². The number of benzene rings is 5. The molecule has 5 nitrogen and oxygen atoms in total. The minimum absolute atomic E-state index is 0.0805. The number of carbonyl (C=O) groups excluding carboxylic acids is 1. The third-order valence-electron chi connectivity index (χ3n) is 7.58. The number of halogens is 4. The van der Waals surface area contributed by atoms with E-state index < -0.39 is 41.0 Å². The van der Waals surface area contributed by atoms with Gasteiger partial charge in [-0.2, -0.15) is 24.9 Å². The number of fused-ring (bicyclic) bond motifs is 3. The van der Waals surface area contributed by atoms with Crippen LogP contribution in [-0.4, -0.2) is 28.8 Å². The third-order valence-corrected chi connectivity index (χ3v) is 8.69. The Bertz CT molecular complexity index is 2050. The van der Waals surface area contributed by atoms with E-state index >= 15 is 0 Å². The van der Waals surface area contributed by atoms with Crippen molar-refractivity contribution < 1.29 is 36.7 Å². The molecule has 6 rings (SSSR count). The van der Waals surface area contributed by atoms with Crippen LogP contribution in [0.25, 0.3) is 44.2 Å². The molecule has 1 amide bonds. The van der Waals surface area contributed by atoms with Crippen molar-refractivity contribution in [2.45, 2.75) is 18.0 Å². The van der Waals surface area contributed by atoms with Crippen LogP contribution in [0.3, 0.4) is 0 Å². The second-order valence-corrected chi connectivity index (χ2v) is 11.7. The van der Waals surface area contributed by atoms with Crippen molar-refractivity contribution in [3.63, 3.8) is 0 Å². The number of hydrogen-bond acceptors (Lipinski definition) is 4. The number of alkyl halides is 3. The number of amides is 1. The predicted molar refractivity (Wildman–Crippen MR) is 171 cm³/mol. The fourth-order valence-corrected chi connectivity index (χ4v) is 6.20. The zero-order valence-corrected chi connectivity index (χ0v) is 24.8. The van der Waals surface area contributed by atoms with Gasteiger partial charge in [0.2, 0.25) is 0 Å². The van der Waals surface area contributed by atoms with Crippen LogP contribution in [0.2, 0.25) is 0 Å². The lowest BCUT2D eigenvalue weighted by atomic mass is 9.98. The topological polar surface area (TPSA) is 79.5 Å². The lowest BCUT2D eigenvalue weighted by molar-refractivity contribution is -0.139. The number of thioether (sulfide) groups is 1. The second-order valence-electron chi connectivity index (χ2n) is 10.6. The number of carboxylic acid groups (broad SMARTS) is 1. The molecule has 6 aromatic rings. The summed E-state index contributed by atoms with van der Waals surface area (Å²) in [5.74, 6) is -3.47. The molecule has 0 aliphatic carbocycles. The largest absolute Gasteiger partial charge is 0.480 e. The molecule has 1 unspecified atom stereocenters. The summed E-state index contributed by atoms with van der Waals surface area (Å²) < 4.78 is 59.3. The Balaban J connectivity index is 1.08. The highest BCUT2D eigenvalue weighted by molar-refractivity contribution is 7.98. The first-order chi connectivity index (χ1) is 22.1. The molecule has 0 saturated carbocycles. The molecule has 1 aromatic heterocycles. The molecule has 1 heterocycles. The normalized spacial score (nSPS) is 12.3. The fraction of sp³-hybridized carbons (Fsp3) is 0.111. The molecule has 46 heavy (non-hydrogen) atoms. The van der Waals surface area contributed by atoms with E-state index in [4.69, 9.17) is 4.42 Å². The van der Waals surface area contributed by atoms with E-state index in [1.807, 2.05) is 84.9 Å². The van der Waals surface area contributed by atoms with E-state index in [0.717, 1.165) is 49.8 Å². The summed E-state index contributed by atoms with van der Waals surface area (Å²) in [6.07, 6.45) is -4.78. The number of hydrogen-bond donors (Lipinski definition) is 2. The molecule has 0 spiro atoms. The Hall–Kier alpha value is -5.09. The second kappa shape index (κ2) is 12.7. The monoisotopic (exact) mass is 643 g/mol. The van der Waals surface area contributed by atoms with Crippen molar-refractivity contribution >= 4 is 45.6 Å². The van der Waals surface area contributed by atoms with Crippen molar-refractivity contribution in [2.24, 2.45) is 0 Å². The minimum Gasteiger partial charge on any atom is -0.480 e. The lowest BCUT2D eigenvalue weighted by Crippen LogP contribution is -2.43. The maximum Gasteiger partial charge on any atom is 0.416 e. The summed E-state index contributed by atoms with van der Waals surface area (Å²) in [6.45, 7) is 0. The van der Waals surface area contributed by atoms with E-state index in [-0.39, 0.29) is 5.75 Å². The molecular formula is C36H25F4NO4S. The third kappa shape index (κ3) is 6.48.